The molecule has 1 aliphatic heterocycles. The summed E-state index contributed by atoms with van der Waals surface area (Å²) in [6, 6.07) is 14.3. The molecule has 2 aromatic heterocycles. The maximum absolute atomic E-state index is 13.8. The molecule has 10 heteroatoms. The van der Waals surface area contributed by atoms with Crippen LogP contribution < -0.4 is 5.32 Å². The third-order valence-electron chi connectivity index (χ3n) is 6.05. The van der Waals surface area contributed by atoms with Gasteiger partial charge in [-0.15, -0.1) is 16.4 Å². The van der Waals surface area contributed by atoms with Crippen LogP contribution in [-0.2, 0) is 29.0 Å². The minimum atomic E-state index is -0.287. The van der Waals surface area contributed by atoms with Gasteiger partial charge in [-0.2, -0.15) is 0 Å². The Labute approximate surface area is 211 Å². The highest BCUT2D eigenvalue weighted by Crippen LogP contribution is 2.27. The minimum absolute atomic E-state index is 0.0373. The molecule has 8 nitrogen and oxygen atoms in total. The van der Waals surface area contributed by atoms with E-state index in [2.05, 4.69) is 15.4 Å². The molecule has 0 saturated heterocycles. The summed E-state index contributed by atoms with van der Waals surface area (Å²) in [4.78, 5) is 36.8. The molecule has 3 heterocycles. The molecule has 0 fully saturated rings. The number of halogens is 1. The number of aromatic nitrogens is 4. The molecule has 0 saturated carbocycles. The van der Waals surface area contributed by atoms with Gasteiger partial charge in [0, 0.05) is 48.9 Å². The number of hydrogen-bond donors (Lipinski definition) is 1. The van der Waals surface area contributed by atoms with Crippen LogP contribution in [0.4, 0.5) is 9.52 Å². The SMILES string of the molecule is CC(=O)Nc1nc2c(s1)CCN(C(=O)Cn1nc(-c3ccc(F)c(C)c3)nc1-c1ccccc1)CC2. The quantitative estimate of drug-likeness (QED) is 0.442. The van der Waals surface area contributed by atoms with Crippen LogP contribution in [0.5, 0.6) is 0 Å². The molecule has 5 rings (SSSR count). The molecule has 0 aliphatic carbocycles. The summed E-state index contributed by atoms with van der Waals surface area (Å²) in [5, 5.41) is 7.98. The Morgan fingerprint density at radius 1 is 1.06 bits per heavy atom. The summed E-state index contributed by atoms with van der Waals surface area (Å²) in [6.45, 7) is 4.30. The summed E-state index contributed by atoms with van der Waals surface area (Å²) in [6.07, 6.45) is 1.31. The summed E-state index contributed by atoms with van der Waals surface area (Å²) in [5.74, 6) is 0.531. The molecule has 36 heavy (non-hydrogen) atoms. The van der Waals surface area contributed by atoms with Gasteiger partial charge in [0.15, 0.2) is 16.8 Å². The standard InChI is InChI=1S/C26H25FN6O2S/c1-16-14-19(8-9-20(16)27)24-30-25(18-6-4-3-5-7-18)33(31-24)15-23(35)32-12-10-21-22(11-13-32)36-26(29-21)28-17(2)34/h3-9,14H,10-13,15H2,1-2H3,(H,28,29,34). The Balaban J connectivity index is 1.37. The third kappa shape index (κ3) is 5.03. The third-order valence-corrected chi connectivity index (χ3v) is 7.12. The Morgan fingerprint density at radius 3 is 2.58 bits per heavy atom. The molecular weight excluding hydrogens is 479 g/mol. The van der Waals surface area contributed by atoms with Gasteiger partial charge in [-0.25, -0.2) is 19.0 Å². The number of nitrogens with one attached hydrogen (secondary N) is 1. The largest absolute Gasteiger partial charge is 0.340 e. The molecular formula is C26H25FN6O2S. The predicted octanol–water partition coefficient (Wildman–Crippen LogP) is 4.10. The van der Waals surface area contributed by atoms with Crippen molar-refractivity contribution in [1.82, 2.24) is 24.6 Å². The number of nitrogens with zero attached hydrogens (tertiary/aromatic N) is 5. The number of carbonyl (C=O) groups is 2. The van der Waals surface area contributed by atoms with Crippen LogP contribution in [0.15, 0.2) is 48.5 Å². The topological polar surface area (TPSA) is 93.0 Å². The number of aryl methyl sites for hydroxylation is 1. The van der Waals surface area contributed by atoms with Crippen molar-refractivity contribution in [2.75, 3.05) is 18.4 Å². The van der Waals surface area contributed by atoms with Crippen molar-refractivity contribution in [3.63, 3.8) is 0 Å². The number of fused-ring (bicyclic) bond motifs is 1. The van der Waals surface area contributed by atoms with Crippen molar-refractivity contribution < 1.29 is 14.0 Å². The van der Waals surface area contributed by atoms with E-state index in [1.54, 1.807) is 23.7 Å². The zero-order chi connectivity index (χ0) is 25.2. The van der Waals surface area contributed by atoms with Crippen LogP contribution in [0.3, 0.4) is 0 Å². The van der Waals surface area contributed by atoms with Gasteiger partial charge < -0.3 is 10.2 Å². The van der Waals surface area contributed by atoms with Crippen molar-refractivity contribution in [2.24, 2.45) is 0 Å². The summed E-state index contributed by atoms with van der Waals surface area (Å²) in [7, 11) is 0. The second-order valence-corrected chi connectivity index (χ2v) is 9.78. The maximum Gasteiger partial charge on any atom is 0.244 e. The van der Waals surface area contributed by atoms with E-state index in [0.717, 1.165) is 16.1 Å². The Bertz CT molecular complexity index is 1410. The first kappa shape index (κ1) is 23.8. The van der Waals surface area contributed by atoms with Crippen LogP contribution in [-0.4, -0.2) is 49.6 Å². The lowest BCUT2D eigenvalue weighted by atomic mass is 10.1. The summed E-state index contributed by atoms with van der Waals surface area (Å²) >= 11 is 1.46. The first-order valence-electron chi connectivity index (χ1n) is 11.7. The number of amides is 2. The molecule has 0 spiro atoms. The monoisotopic (exact) mass is 504 g/mol. The van der Waals surface area contributed by atoms with Crippen LogP contribution in [0.2, 0.25) is 0 Å². The minimum Gasteiger partial charge on any atom is -0.340 e. The molecule has 184 valence electrons. The van der Waals surface area contributed by atoms with E-state index in [1.165, 1.54) is 24.3 Å². The highest BCUT2D eigenvalue weighted by molar-refractivity contribution is 7.15. The van der Waals surface area contributed by atoms with Gasteiger partial charge in [-0.1, -0.05) is 30.3 Å². The van der Waals surface area contributed by atoms with Crippen molar-refractivity contribution >= 4 is 28.3 Å². The van der Waals surface area contributed by atoms with Crippen LogP contribution in [0, 0.1) is 12.7 Å². The number of carbonyl (C=O) groups excluding carboxylic acids is 2. The number of rotatable bonds is 5. The maximum atomic E-state index is 13.8. The molecule has 1 aliphatic rings. The second kappa shape index (κ2) is 9.98. The van der Waals surface area contributed by atoms with Crippen LogP contribution >= 0.6 is 11.3 Å². The molecule has 2 aromatic carbocycles. The summed E-state index contributed by atoms with van der Waals surface area (Å²) < 4.78 is 15.4. The van der Waals surface area contributed by atoms with Gasteiger partial charge >= 0.3 is 0 Å². The zero-order valence-electron chi connectivity index (χ0n) is 20.0. The van der Waals surface area contributed by atoms with E-state index in [-0.39, 0.29) is 24.2 Å². The van der Waals surface area contributed by atoms with E-state index < -0.39 is 0 Å². The van der Waals surface area contributed by atoms with E-state index >= 15 is 0 Å². The fraction of sp³-hybridized carbons (Fsp3) is 0.269. The van der Waals surface area contributed by atoms with Crippen molar-refractivity contribution in [3.05, 3.63) is 70.5 Å². The lowest BCUT2D eigenvalue weighted by Crippen LogP contribution is -2.36. The second-order valence-electron chi connectivity index (χ2n) is 8.70. The first-order chi connectivity index (χ1) is 17.4. The molecule has 1 N–H and O–H groups in total. The van der Waals surface area contributed by atoms with Gasteiger partial charge in [0.05, 0.1) is 5.69 Å². The number of thiazole rings is 1. The average molecular weight is 505 g/mol. The normalized spacial score (nSPS) is 13.2. The number of hydrogen-bond acceptors (Lipinski definition) is 6. The fourth-order valence-electron chi connectivity index (χ4n) is 4.20. The Morgan fingerprint density at radius 2 is 1.83 bits per heavy atom. The summed E-state index contributed by atoms with van der Waals surface area (Å²) in [5.41, 5.74) is 2.97. The van der Waals surface area contributed by atoms with Gasteiger partial charge in [0.1, 0.15) is 12.4 Å². The fourth-order valence-corrected chi connectivity index (χ4v) is 5.25. The van der Waals surface area contributed by atoms with Gasteiger partial charge in [-0.3, -0.25) is 9.59 Å². The lowest BCUT2D eigenvalue weighted by Gasteiger charge is -2.20. The zero-order valence-corrected chi connectivity index (χ0v) is 20.8. The van der Waals surface area contributed by atoms with Gasteiger partial charge in [0.2, 0.25) is 11.8 Å². The van der Waals surface area contributed by atoms with Gasteiger partial charge in [0.25, 0.3) is 0 Å². The highest BCUT2D eigenvalue weighted by Gasteiger charge is 2.24. The molecule has 0 unspecified atom stereocenters. The molecule has 0 radical (unpaired) electrons. The lowest BCUT2D eigenvalue weighted by molar-refractivity contribution is -0.131. The van der Waals surface area contributed by atoms with E-state index in [1.807, 2.05) is 35.2 Å². The smallest absolute Gasteiger partial charge is 0.244 e. The van der Waals surface area contributed by atoms with Gasteiger partial charge in [-0.05, 0) is 30.7 Å². The number of benzene rings is 2. The van der Waals surface area contributed by atoms with E-state index in [4.69, 9.17) is 4.98 Å². The molecule has 0 bridgehead atoms. The van der Waals surface area contributed by atoms with Crippen molar-refractivity contribution in [2.45, 2.75) is 33.2 Å². The average Bonchev–Trinajstić information content (AvgIpc) is 3.39. The Kier molecular flexibility index (Phi) is 6.60. The van der Waals surface area contributed by atoms with Crippen molar-refractivity contribution in [1.29, 1.82) is 0 Å². The molecule has 2 amide bonds. The van der Waals surface area contributed by atoms with Crippen LogP contribution in [0.1, 0.15) is 23.1 Å². The van der Waals surface area contributed by atoms with E-state index in [9.17, 15) is 14.0 Å². The highest BCUT2D eigenvalue weighted by atomic mass is 32.1. The Hall–Kier alpha value is -3.92. The molecule has 4 aromatic rings. The number of anilines is 1. The first-order valence-corrected chi connectivity index (χ1v) is 12.5. The van der Waals surface area contributed by atoms with Crippen LogP contribution in [0.25, 0.3) is 22.8 Å². The molecule has 0 atom stereocenters. The van der Waals surface area contributed by atoms with Crippen molar-refractivity contribution in [3.8, 4) is 22.8 Å². The van der Waals surface area contributed by atoms with E-state index in [0.29, 0.717) is 53.8 Å². The predicted molar refractivity (Wildman–Crippen MR) is 136 cm³/mol.